The molecule has 1 amide bonds. The number of hydrogen-bond acceptors (Lipinski definition) is 6. The molecule has 1 unspecified atom stereocenters. The molecule has 1 aromatic heterocycles. The van der Waals surface area contributed by atoms with Gasteiger partial charge in [0.1, 0.15) is 12.4 Å². The molecule has 1 heterocycles. The molecule has 0 saturated carbocycles. The summed E-state index contributed by atoms with van der Waals surface area (Å²) in [5.41, 5.74) is 1.85. The van der Waals surface area contributed by atoms with Gasteiger partial charge in [-0.15, -0.1) is 11.8 Å². The molecule has 1 atom stereocenters. The molecule has 8 heteroatoms. The normalized spacial score (nSPS) is 11.5. The maximum Gasteiger partial charge on any atom is 0.269 e. The first-order valence-electron chi connectivity index (χ1n) is 9.32. The number of nitro groups is 1. The van der Waals surface area contributed by atoms with Gasteiger partial charge in [0.2, 0.25) is 5.91 Å². The molecule has 0 radical (unpaired) electrons. The van der Waals surface area contributed by atoms with Gasteiger partial charge in [-0.05, 0) is 48.9 Å². The van der Waals surface area contributed by atoms with Crippen LogP contribution in [0.15, 0.2) is 77.8 Å². The Kier molecular flexibility index (Phi) is 7.40. The van der Waals surface area contributed by atoms with E-state index < -0.39 is 4.92 Å². The number of nitro benzene ring substituents is 1. The summed E-state index contributed by atoms with van der Waals surface area (Å²) in [6, 6.07) is 19.4. The SMILES string of the molecule is CC(Sc1ccc([N+](=O)[O-])cc1)C(=O)NCc1ccc(OCc2ccccn2)cc1. The summed E-state index contributed by atoms with van der Waals surface area (Å²) in [7, 11) is 0. The highest BCUT2D eigenvalue weighted by molar-refractivity contribution is 8.00. The Bertz CT molecular complexity index is 980. The van der Waals surface area contributed by atoms with Gasteiger partial charge >= 0.3 is 0 Å². The van der Waals surface area contributed by atoms with Crippen LogP contribution in [-0.2, 0) is 17.9 Å². The Hall–Kier alpha value is -3.39. The Morgan fingerprint density at radius 2 is 1.87 bits per heavy atom. The van der Waals surface area contributed by atoms with Gasteiger partial charge in [0, 0.05) is 29.8 Å². The average Bonchev–Trinajstić information content (AvgIpc) is 2.77. The van der Waals surface area contributed by atoms with E-state index in [9.17, 15) is 14.9 Å². The minimum Gasteiger partial charge on any atom is -0.487 e. The molecule has 154 valence electrons. The fraction of sp³-hybridized carbons (Fsp3) is 0.182. The van der Waals surface area contributed by atoms with Crippen molar-refractivity contribution in [2.45, 2.75) is 30.2 Å². The maximum atomic E-state index is 12.4. The predicted octanol–water partition coefficient (Wildman–Crippen LogP) is 4.37. The fourth-order valence-electron chi connectivity index (χ4n) is 2.58. The van der Waals surface area contributed by atoms with Gasteiger partial charge in [-0.25, -0.2) is 0 Å². The summed E-state index contributed by atoms with van der Waals surface area (Å²) in [5.74, 6) is 0.631. The van der Waals surface area contributed by atoms with Crippen LogP contribution in [0.1, 0.15) is 18.2 Å². The number of rotatable bonds is 9. The lowest BCUT2D eigenvalue weighted by Crippen LogP contribution is -2.30. The Morgan fingerprint density at radius 3 is 2.50 bits per heavy atom. The van der Waals surface area contributed by atoms with E-state index in [2.05, 4.69) is 10.3 Å². The van der Waals surface area contributed by atoms with Crippen molar-refractivity contribution in [2.75, 3.05) is 0 Å². The molecule has 0 spiro atoms. The lowest BCUT2D eigenvalue weighted by Gasteiger charge is -2.12. The number of nitrogens with one attached hydrogen (secondary N) is 1. The van der Waals surface area contributed by atoms with Gasteiger partial charge in [-0.1, -0.05) is 18.2 Å². The summed E-state index contributed by atoms with van der Waals surface area (Å²) in [5, 5.41) is 13.3. The molecular formula is C22H21N3O4S. The lowest BCUT2D eigenvalue weighted by molar-refractivity contribution is -0.384. The van der Waals surface area contributed by atoms with E-state index in [-0.39, 0.29) is 16.8 Å². The number of thioether (sulfide) groups is 1. The quantitative estimate of drug-likeness (QED) is 0.312. The molecule has 0 aliphatic rings. The highest BCUT2D eigenvalue weighted by Gasteiger charge is 2.15. The molecule has 7 nitrogen and oxygen atoms in total. The highest BCUT2D eigenvalue weighted by atomic mass is 32.2. The van der Waals surface area contributed by atoms with Gasteiger partial charge in [0.25, 0.3) is 5.69 Å². The van der Waals surface area contributed by atoms with Crippen LogP contribution in [0.2, 0.25) is 0 Å². The van der Waals surface area contributed by atoms with E-state index in [0.717, 1.165) is 21.9 Å². The number of carbonyl (C=O) groups excluding carboxylic acids is 1. The van der Waals surface area contributed by atoms with Crippen molar-refractivity contribution in [1.82, 2.24) is 10.3 Å². The zero-order valence-electron chi connectivity index (χ0n) is 16.4. The van der Waals surface area contributed by atoms with E-state index in [1.54, 1.807) is 25.3 Å². The van der Waals surface area contributed by atoms with Gasteiger partial charge in [0.05, 0.1) is 15.9 Å². The summed E-state index contributed by atoms with van der Waals surface area (Å²) < 4.78 is 5.71. The topological polar surface area (TPSA) is 94.4 Å². The predicted molar refractivity (Wildman–Crippen MR) is 115 cm³/mol. The number of amides is 1. The van der Waals surface area contributed by atoms with Crippen LogP contribution >= 0.6 is 11.8 Å². The van der Waals surface area contributed by atoms with E-state index >= 15 is 0 Å². The van der Waals surface area contributed by atoms with Crippen LogP contribution in [0.5, 0.6) is 5.75 Å². The smallest absolute Gasteiger partial charge is 0.269 e. The average molecular weight is 423 g/mol. The van der Waals surface area contributed by atoms with Crippen LogP contribution in [0, 0.1) is 10.1 Å². The third kappa shape index (κ3) is 6.31. The second-order valence-corrected chi connectivity index (χ2v) is 7.90. The summed E-state index contributed by atoms with van der Waals surface area (Å²) >= 11 is 1.35. The minimum absolute atomic E-state index is 0.0314. The summed E-state index contributed by atoms with van der Waals surface area (Å²) in [4.78, 5) is 27.6. The van der Waals surface area contributed by atoms with Gasteiger partial charge in [0.15, 0.2) is 0 Å². The van der Waals surface area contributed by atoms with Crippen molar-refractivity contribution in [3.8, 4) is 5.75 Å². The van der Waals surface area contributed by atoms with Crippen LogP contribution < -0.4 is 10.1 Å². The molecule has 3 aromatic rings. The van der Waals surface area contributed by atoms with Gasteiger partial charge in [-0.3, -0.25) is 19.9 Å². The zero-order chi connectivity index (χ0) is 21.3. The highest BCUT2D eigenvalue weighted by Crippen LogP contribution is 2.25. The van der Waals surface area contributed by atoms with Crippen molar-refractivity contribution >= 4 is 23.4 Å². The molecule has 0 bridgehead atoms. The summed E-state index contributed by atoms with van der Waals surface area (Å²) in [6.45, 7) is 2.61. The van der Waals surface area contributed by atoms with Gasteiger partial charge in [-0.2, -0.15) is 0 Å². The second kappa shape index (κ2) is 10.4. The number of hydrogen-bond donors (Lipinski definition) is 1. The number of nitrogens with zero attached hydrogens (tertiary/aromatic N) is 2. The Morgan fingerprint density at radius 1 is 1.13 bits per heavy atom. The molecule has 2 aromatic carbocycles. The third-order valence-corrected chi connectivity index (χ3v) is 5.34. The molecular weight excluding hydrogens is 402 g/mol. The van der Waals surface area contributed by atoms with Crippen molar-refractivity contribution in [1.29, 1.82) is 0 Å². The van der Waals surface area contributed by atoms with Crippen molar-refractivity contribution < 1.29 is 14.5 Å². The molecule has 0 saturated heterocycles. The first-order valence-corrected chi connectivity index (χ1v) is 10.2. The lowest BCUT2D eigenvalue weighted by atomic mass is 10.2. The van der Waals surface area contributed by atoms with Crippen molar-refractivity contribution in [2.24, 2.45) is 0 Å². The van der Waals surface area contributed by atoms with Crippen LogP contribution in [0.3, 0.4) is 0 Å². The number of aromatic nitrogens is 1. The zero-order valence-corrected chi connectivity index (χ0v) is 17.2. The largest absolute Gasteiger partial charge is 0.487 e. The van der Waals surface area contributed by atoms with E-state index in [1.807, 2.05) is 42.5 Å². The molecule has 0 fully saturated rings. The number of benzene rings is 2. The summed E-state index contributed by atoms with van der Waals surface area (Å²) in [6.07, 6.45) is 1.73. The van der Waals surface area contributed by atoms with Crippen LogP contribution in [0.4, 0.5) is 5.69 Å². The van der Waals surface area contributed by atoms with Crippen molar-refractivity contribution in [3.05, 3.63) is 94.3 Å². The first-order chi connectivity index (χ1) is 14.5. The fourth-order valence-corrected chi connectivity index (χ4v) is 3.47. The third-order valence-electron chi connectivity index (χ3n) is 4.23. The van der Waals surface area contributed by atoms with Gasteiger partial charge < -0.3 is 10.1 Å². The van der Waals surface area contributed by atoms with Crippen LogP contribution in [-0.4, -0.2) is 21.1 Å². The maximum absolute atomic E-state index is 12.4. The number of carbonyl (C=O) groups is 1. The van der Waals surface area contributed by atoms with Crippen molar-refractivity contribution in [3.63, 3.8) is 0 Å². The Labute approximate surface area is 178 Å². The van der Waals surface area contributed by atoms with Crippen LogP contribution in [0.25, 0.3) is 0 Å². The number of ether oxygens (including phenoxy) is 1. The monoisotopic (exact) mass is 423 g/mol. The molecule has 30 heavy (non-hydrogen) atoms. The first kappa shape index (κ1) is 21.3. The standard InChI is InChI=1S/C22H21N3O4S/c1-16(30-21-11-7-19(8-12-21)25(27)28)22(26)24-14-17-5-9-20(10-6-17)29-15-18-4-2-3-13-23-18/h2-13,16H,14-15H2,1H3,(H,24,26). The van der Waals surface area contributed by atoms with E-state index in [1.165, 1.54) is 23.9 Å². The number of pyridine rings is 1. The number of non-ortho nitro benzene ring substituents is 1. The molecule has 0 aliphatic heterocycles. The second-order valence-electron chi connectivity index (χ2n) is 6.48. The molecule has 3 rings (SSSR count). The Balaban J connectivity index is 1.44. The molecule has 0 aliphatic carbocycles. The van der Waals surface area contributed by atoms with E-state index in [0.29, 0.717) is 13.2 Å². The minimum atomic E-state index is -0.445. The van der Waals surface area contributed by atoms with E-state index in [4.69, 9.17) is 4.74 Å². The molecule has 1 N–H and O–H groups in total.